The maximum atomic E-state index is 13.1. The maximum Gasteiger partial charge on any atom is 0.339 e. The number of methoxy groups -OCH3 is 1. The van der Waals surface area contributed by atoms with Gasteiger partial charge in [0.25, 0.3) is 0 Å². The molecule has 1 aliphatic carbocycles. The quantitative estimate of drug-likeness (QED) is 0.330. The van der Waals surface area contributed by atoms with Crippen molar-refractivity contribution in [3.63, 3.8) is 0 Å². The van der Waals surface area contributed by atoms with E-state index in [1.54, 1.807) is 13.2 Å². The number of ether oxygens (including phenoxy) is 1. The smallest absolute Gasteiger partial charge is 0.339 e. The predicted molar refractivity (Wildman–Crippen MR) is 133 cm³/mol. The van der Waals surface area contributed by atoms with Gasteiger partial charge in [0.1, 0.15) is 16.8 Å². The summed E-state index contributed by atoms with van der Waals surface area (Å²) in [7, 11) is 1.64. The maximum absolute atomic E-state index is 13.1. The lowest BCUT2D eigenvalue weighted by Crippen LogP contribution is -2.21. The molecule has 1 aromatic heterocycles. The summed E-state index contributed by atoms with van der Waals surface area (Å²) in [5.41, 5.74) is 7.21. The number of halogens is 1. The number of para-hydroxylation sites is 1. The molecule has 0 radical (unpaired) electrons. The molecule has 6 nitrogen and oxygen atoms in total. The van der Waals surface area contributed by atoms with E-state index in [-0.39, 0.29) is 6.42 Å². The van der Waals surface area contributed by atoms with Gasteiger partial charge in [0, 0.05) is 10.6 Å². The van der Waals surface area contributed by atoms with Gasteiger partial charge in [-0.3, -0.25) is 0 Å². The van der Waals surface area contributed by atoms with Crippen LogP contribution in [-0.4, -0.2) is 28.2 Å². The van der Waals surface area contributed by atoms with E-state index in [0.29, 0.717) is 21.8 Å². The molecule has 0 bridgehead atoms. The summed E-state index contributed by atoms with van der Waals surface area (Å²) in [5.74, 6) is 0.282. The van der Waals surface area contributed by atoms with Gasteiger partial charge in [-0.2, -0.15) is 0 Å². The molecule has 1 heterocycles. The molecule has 0 amide bonds. The minimum absolute atomic E-state index is 0.0671. The number of benzene rings is 3. The number of rotatable bonds is 6. The van der Waals surface area contributed by atoms with Crippen LogP contribution in [0.1, 0.15) is 36.5 Å². The summed E-state index contributed by atoms with van der Waals surface area (Å²) < 4.78 is 5.68. The van der Waals surface area contributed by atoms with Crippen molar-refractivity contribution >= 4 is 45.8 Å². The molecule has 5 rings (SSSR count). The molecule has 0 N–H and O–H groups in total. The van der Waals surface area contributed by atoms with Crippen molar-refractivity contribution in [2.45, 2.75) is 19.8 Å². The number of carbonyl (C=O) groups excluding carboxylic acids is 1. The van der Waals surface area contributed by atoms with E-state index in [4.69, 9.17) is 21.2 Å². The van der Waals surface area contributed by atoms with Gasteiger partial charge < -0.3 is 9.57 Å². The van der Waals surface area contributed by atoms with Crippen molar-refractivity contribution in [2.75, 3.05) is 7.11 Å². The molecule has 0 unspecified atom stereocenters. The summed E-state index contributed by atoms with van der Waals surface area (Å²) in [5, 5.41) is 8.68. The fourth-order valence-corrected chi connectivity index (χ4v) is 4.63. The van der Waals surface area contributed by atoms with Crippen molar-refractivity contribution < 1.29 is 14.4 Å². The van der Waals surface area contributed by atoms with Crippen molar-refractivity contribution in [2.24, 2.45) is 0 Å². The minimum Gasteiger partial charge on any atom is -0.496 e. The highest BCUT2D eigenvalue weighted by molar-refractivity contribution is 6.30. The lowest BCUT2D eigenvalue weighted by Gasteiger charge is -2.11. The van der Waals surface area contributed by atoms with Gasteiger partial charge in [-0.1, -0.05) is 59.8 Å². The van der Waals surface area contributed by atoms with E-state index in [1.165, 1.54) is 4.85 Å². The van der Waals surface area contributed by atoms with Gasteiger partial charge in [-0.05, 0) is 75.9 Å². The van der Waals surface area contributed by atoms with E-state index >= 15 is 0 Å². The van der Waals surface area contributed by atoms with Crippen LogP contribution in [0.25, 0.3) is 28.3 Å². The second kappa shape index (κ2) is 9.15. The fraction of sp³-hybridized carbons (Fsp3) is 0.148. The van der Waals surface area contributed by atoms with Crippen LogP contribution >= 0.6 is 11.6 Å². The fourth-order valence-electron chi connectivity index (χ4n) is 4.43. The highest BCUT2D eigenvalue weighted by atomic mass is 35.5. The number of nitrogens with zero attached hydrogens (tertiary/aromatic N) is 3. The van der Waals surface area contributed by atoms with Crippen LogP contribution in [-0.2, 0) is 4.79 Å². The molecule has 0 atom stereocenters. The molecule has 4 aromatic rings. The van der Waals surface area contributed by atoms with Gasteiger partial charge in [-0.15, -0.1) is 5.10 Å². The SMILES string of the molecule is CCC1=C(CC(=O)On2nnc3ccccc32)c2c(OC)cccc2/C1=C\c1cccc(Cl)c1. The Labute approximate surface area is 202 Å². The second-order valence-electron chi connectivity index (χ2n) is 7.90. The second-order valence-corrected chi connectivity index (χ2v) is 8.33. The van der Waals surface area contributed by atoms with Crippen LogP contribution in [0.3, 0.4) is 0 Å². The van der Waals surface area contributed by atoms with E-state index in [9.17, 15) is 4.79 Å². The average Bonchev–Trinajstić information content (AvgIpc) is 3.38. The third-order valence-corrected chi connectivity index (χ3v) is 6.11. The van der Waals surface area contributed by atoms with E-state index < -0.39 is 5.97 Å². The Morgan fingerprint density at radius 1 is 1.06 bits per heavy atom. The lowest BCUT2D eigenvalue weighted by molar-refractivity contribution is -0.144. The molecule has 170 valence electrons. The Morgan fingerprint density at radius 2 is 1.88 bits per heavy atom. The Kier molecular flexibility index (Phi) is 5.90. The Balaban J connectivity index is 1.56. The summed E-state index contributed by atoms with van der Waals surface area (Å²) in [4.78, 5) is 19.8. The molecule has 3 aromatic carbocycles. The van der Waals surface area contributed by atoms with Crippen LogP contribution in [0.4, 0.5) is 0 Å². The number of hydrogen-bond acceptors (Lipinski definition) is 5. The Bertz CT molecular complexity index is 1470. The van der Waals surface area contributed by atoms with Crippen LogP contribution in [0.5, 0.6) is 5.75 Å². The minimum atomic E-state index is -0.433. The number of aromatic nitrogens is 3. The van der Waals surface area contributed by atoms with Crippen molar-refractivity contribution in [3.8, 4) is 5.75 Å². The standard InChI is InChI=1S/C27H22ClN3O3/c1-3-19-21(15-17-8-6-9-18(28)14-17)20-10-7-13-25(33-2)27(20)22(19)16-26(32)34-31-24-12-5-4-11-23(24)29-30-31/h4-15H,3,16H2,1-2H3/b21-15-. The molecule has 0 fully saturated rings. The van der Waals surface area contributed by atoms with Crippen LogP contribution in [0, 0.1) is 0 Å². The third kappa shape index (κ3) is 3.97. The molecular weight excluding hydrogens is 450 g/mol. The number of carbonyl (C=O) groups is 1. The molecule has 34 heavy (non-hydrogen) atoms. The molecular formula is C27H22ClN3O3. The molecule has 0 spiro atoms. The summed E-state index contributed by atoms with van der Waals surface area (Å²) in [6.07, 6.45) is 2.91. The number of allylic oxidation sites excluding steroid dienone is 2. The topological polar surface area (TPSA) is 66.2 Å². The number of fused-ring (bicyclic) bond motifs is 2. The monoisotopic (exact) mass is 471 g/mol. The van der Waals surface area contributed by atoms with Crippen molar-refractivity contribution in [1.82, 2.24) is 15.2 Å². The zero-order chi connectivity index (χ0) is 23.7. The predicted octanol–water partition coefficient (Wildman–Crippen LogP) is 5.86. The first kappa shape index (κ1) is 21.9. The van der Waals surface area contributed by atoms with Crippen molar-refractivity contribution in [3.05, 3.63) is 94.0 Å². The third-order valence-electron chi connectivity index (χ3n) is 5.87. The Morgan fingerprint density at radius 3 is 2.68 bits per heavy atom. The highest BCUT2D eigenvalue weighted by Gasteiger charge is 2.30. The first-order chi connectivity index (χ1) is 16.6. The van der Waals surface area contributed by atoms with Gasteiger partial charge >= 0.3 is 5.97 Å². The molecule has 1 aliphatic rings. The Hall–Kier alpha value is -3.90. The zero-order valence-electron chi connectivity index (χ0n) is 18.8. The normalized spacial score (nSPS) is 14.0. The summed E-state index contributed by atoms with van der Waals surface area (Å²) in [6, 6.07) is 20.9. The zero-order valence-corrected chi connectivity index (χ0v) is 19.5. The first-order valence-corrected chi connectivity index (χ1v) is 11.4. The van der Waals surface area contributed by atoms with Gasteiger partial charge in [-0.25, -0.2) is 4.79 Å². The van der Waals surface area contributed by atoms with E-state index in [0.717, 1.165) is 39.8 Å². The van der Waals surface area contributed by atoms with Crippen molar-refractivity contribution in [1.29, 1.82) is 0 Å². The largest absolute Gasteiger partial charge is 0.496 e. The van der Waals surface area contributed by atoms with Gasteiger partial charge in [0.05, 0.1) is 13.5 Å². The lowest BCUT2D eigenvalue weighted by atomic mass is 9.98. The summed E-state index contributed by atoms with van der Waals surface area (Å²) >= 11 is 6.22. The number of hydrogen-bond donors (Lipinski definition) is 0. The van der Waals surface area contributed by atoms with E-state index in [1.807, 2.05) is 60.7 Å². The summed E-state index contributed by atoms with van der Waals surface area (Å²) in [6.45, 7) is 2.08. The van der Waals surface area contributed by atoms with E-state index in [2.05, 4.69) is 23.3 Å². The first-order valence-electron chi connectivity index (χ1n) is 11.0. The molecule has 7 heteroatoms. The molecule has 0 aliphatic heterocycles. The molecule has 0 saturated carbocycles. The van der Waals surface area contributed by atoms with Gasteiger partial charge in [0.2, 0.25) is 0 Å². The average molecular weight is 472 g/mol. The highest BCUT2D eigenvalue weighted by Crippen LogP contribution is 2.48. The van der Waals surface area contributed by atoms with Crippen LogP contribution < -0.4 is 9.57 Å². The molecule has 0 saturated heterocycles. The van der Waals surface area contributed by atoms with Gasteiger partial charge in [0.15, 0.2) is 0 Å². The van der Waals surface area contributed by atoms with Crippen LogP contribution in [0.15, 0.2) is 72.3 Å². The van der Waals surface area contributed by atoms with Crippen LogP contribution in [0.2, 0.25) is 5.02 Å².